The topological polar surface area (TPSA) is 30.5 Å². The molecule has 3 atom stereocenters. The van der Waals surface area contributed by atoms with Crippen LogP contribution in [0.25, 0.3) is 0 Å². The molecule has 0 fully saturated rings. The second-order valence-corrected chi connectivity index (χ2v) is 5.21. The molecule has 0 aromatic heterocycles. The van der Waals surface area contributed by atoms with E-state index in [1.807, 2.05) is 6.07 Å². The summed E-state index contributed by atoms with van der Waals surface area (Å²) in [5, 5.41) is 3.55. The summed E-state index contributed by atoms with van der Waals surface area (Å²) in [6.07, 6.45) is 2.42. The summed E-state index contributed by atoms with van der Waals surface area (Å²) in [7, 11) is 1.78. The number of hydrogen-bond donors (Lipinski definition) is 1. The van der Waals surface area contributed by atoms with Crippen LogP contribution >= 0.6 is 0 Å². The molecule has 0 amide bonds. The minimum Gasteiger partial charge on any atom is -0.493 e. The van der Waals surface area contributed by atoms with E-state index >= 15 is 0 Å². The van der Waals surface area contributed by atoms with Crippen molar-refractivity contribution in [1.29, 1.82) is 0 Å². The molecule has 0 aliphatic carbocycles. The third-order valence-corrected chi connectivity index (χ3v) is 4.03. The Balaban J connectivity index is 2.10. The molecule has 0 radical (unpaired) electrons. The molecule has 3 unspecified atom stereocenters. The highest BCUT2D eigenvalue weighted by atomic mass is 16.5. The maximum Gasteiger partial charge on any atom is 0.122 e. The second kappa shape index (κ2) is 6.92. The monoisotopic (exact) mass is 263 g/mol. The summed E-state index contributed by atoms with van der Waals surface area (Å²) in [5.74, 6) is 1.62. The van der Waals surface area contributed by atoms with Crippen molar-refractivity contribution in [3.63, 3.8) is 0 Å². The van der Waals surface area contributed by atoms with Gasteiger partial charge in [-0.2, -0.15) is 0 Å². The van der Waals surface area contributed by atoms with E-state index in [-0.39, 0.29) is 6.10 Å². The number of hydrogen-bond acceptors (Lipinski definition) is 3. The van der Waals surface area contributed by atoms with Crippen LogP contribution in [0.2, 0.25) is 0 Å². The van der Waals surface area contributed by atoms with Crippen molar-refractivity contribution in [1.82, 2.24) is 5.32 Å². The summed E-state index contributed by atoms with van der Waals surface area (Å²) in [5.41, 5.74) is 1.35. The third-order valence-electron chi connectivity index (χ3n) is 4.03. The van der Waals surface area contributed by atoms with Gasteiger partial charge in [0.25, 0.3) is 0 Å². The lowest BCUT2D eigenvalue weighted by Crippen LogP contribution is -2.40. The van der Waals surface area contributed by atoms with Crippen LogP contribution in [-0.2, 0) is 4.74 Å². The quantitative estimate of drug-likeness (QED) is 0.856. The van der Waals surface area contributed by atoms with Gasteiger partial charge in [-0.15, -0.1) is 0 Å². The number of likely N-dealkylation sites (N-methyl/N-ethyl adjacent to an activating group) is 1. The number of benzene rings is 1. The first kappa shape index (κ1) is 14.4. The van der Waals surface area contributed by atoms with Crippen LogP contribution in [0.4, 0.5) is 0 Å². The molecular formula is C16H25NO2. The molecule has 0 saturated heterocycles. The van der Waals surface area contributed by atoms with E-state index in [0.29, 0.717) is 12.0 Å². The number of ether oxygens (including phenoxy) is 2. The van der Waals surface area contributed by atoms with Crippen LogP contribution in [-0.4, -0.2) is 32.4 Å². The molecule has 1 N–H and O–H groups in total. The zero-order valence-electron chi connectivity index (χ0n) is 12.2. The fourth-order valence-electron chi connectivity index (χ4n) is 2.83. The Bertz CT molecular complexity index is 394. The molecular weight excluding hydrogens is 238 g/mol. The van der Waals surface area contributed by atoms with E-state index in [0.717, 1.165) is 31.7 Å². The Morgan fingerprint density at radius 2 is 2.21 bits per heavy atom. The first-order chi connectivity index (χ1) is 9.26. The molecule has 3 heteroatoms. The molecule has 1 aliphatic rings. The molecule has 1 heterocycles. The van der Waals surface area contributed by atoms with Crippen molar-refractivity contribution in [2.24, 2.45) is 0 Å². The summed E-state index contributed by atoms with van der Waals surface area (Å²) in [6, 6.07) is 8.80. The molecule has 0 saturated carbocycles. The zero-order valence-corrected chi connectivity index (χ0v) is 12.2. The summed E-state index contributed by atoms with van der Waals surface area (Å²) in [6.45, 7) is 6.08. The van der Waals surface area contributed by atoms with E-state index in [1.165, 1.54) is 5.56 Å². The lowest BCUT2D eigenvalue weighted by Gasteiger charge is -2.31. The first-order valence-corrected chi connectivity index (χ1v) is 7.24. The number of fused-ring (bicyclic) bond motifs is 1. The molecule has 0 bridgehead atoms. The number of nitrogens with one attached hydrogen (secondary N) is 1. The van der Waals surface area contributed by atoms with E-state index < -0.39 is 0 Å². The van der Waals surface area contributed by atoms with Crippen molar-refractivity contribution >= 4 is 0 Å². The van der Waals surface area contributed by atoms with Gasteiger partial charge in [-0.05, 0) is 43.9 Å². The lowest BCUT2D eigenvalue weighted by molar-refractivity contribution is 0.0759. The highest BCUT2D eigenvalue weighted by Crippen LogP contribution is 2.36. The maximum absolute atomic E-state index is 5.73. The van der Waals surface area contributed by atoms with E-state index in [1.54, 1.807) is 7.11 Å². The number of rotatable bonds is 6. The highest BCUT2D eigenvalue weighted by molar-refractivity contribution is 5.37. The molecule has 1 aromatic rings. The maximum atomic E-state index is 5.73. The van der Waals surface area contributed by atoms with Gasteiger partial charge in [0.15, 0.2) is 0 Å². The Kier molecular flexibility index (Phi) is 5.23. The van der Waals surface area contributed by atoms with Crippen LogP contribution in [0.1, 0.15) is 38.2 Å². The van der Waals surface area contributed by atoms with Gasteiger partial charge in [-0.3, -0.25) is 0 Å². The number of para-hydroxylation sites is 1. The number of methoxy groups -OCH3 is 1. The fraction of sp³-hybridized carbons (Fsp3) is 0.625. The fourth-order valence-corrected chi connectivity index (χ4v) is 2.83. The highest BCUT2D eigenvalue weighted by Gasteiger charge is 2.26. The summed E-state index contributed by atoms with van der Waals surface area (Å²) in [4.78, 5) is 0. The SMILES string of the molecule is CCNC(CC1CCOc2ccccc21)C(C)OC. The average molecular weight is 263 g/mol. The van der Waals surface area contributed by atoms with Gasteiger partial charge in [0.05, 0.1) is 12.7 Å². The predicted molar refractivity (Wildman–Crippen MR) is 77.8 cm³/mol. The average Bonchev–Trinajstić information content (AvgIpc) is 2.46. The second-order valence-electron chi connectivity index (χ2n) is 5.21. The van der Waals surface area contributed by atoms with E-state index in [9.17, 15) is 0 Å². The van der Waals surface area contributed by atoms with E-state index in [4.69, 9.17) is 9.47 Å². The van der Waals surface area contributed by atoms with Crippen molar-refractivity contribution in [2.45, 2.75) is 44.8 Å². The van der Waals surface area contributed by atoms with Crippen LogP contribution in [0.15, 0.2) is 24.3 Å². The van der Waals surface area contributed by atoms with Crippen molar-refractivity contribution in [3.8, 4) is 5.75 Å². The molecule has 19 heavy (non-hydrogen) atoms. The molecule has 1 aliphatic heterocycles. The van der Waals surface area contributed by atoms with Crippen LogP contribution in [0.3, 0.4) is 0 Å². The Hall–Kier alpha value is -1.06. The molecule has 106 valence electrons. The molecule has 3 nitrogen and oxygen atoms in total. The Labute approximate surface area is 116 Å². The normalized spacial score (nSPS) is 21.3. The minimum absolute atomic E-state index is 0.231. The summed E-state index contributed by atoms with van der Waals surface area (Å²) < 4.78 is 11.2. The van der Waals surface area contributed by atoms with Gasteiger partial charge in [-0.25, -0.2) is 0 Å². The smallest absolute Gasteiger partial charge is 0.122 e. The van der Waals surface area contributed by atoms with Crippen LogP contribution in [0, 0.1) is 0 Å². The predicted octanol–water partition coefficient (Wildman–Crippen LogP) is 2.96. The van der Waals surface area contributed by atoms with Crippen molar-refractivity contribution in [2.75, 3.05) is 20.3 Å². The Morgan fingerprint density at radius 3 is 2.95 bits per heavy atom. The van der Waals surface area contributed by atoms with Gasteiger partial charge in [0.1, 0.15) is 5.75 Å². The first-order valence-electron chi connectivity index (χ1n) is 7.24. The lowest BCUT2D eigenvalue weighted by atomic mass is 9.86. The largest absolute Gasteiger partial charge is 0.493 e. The van der Waals surface area contributed by atoms with Gasteiger partial charge in [0.2, 0.25) is 0 Å². The molecule has 0 spiro atoms. The van der Waals surface area contributed by atoms with Crippen molar-refractivity contribution in [3.05, 3.63) is 29.8 Å². The van der Waals surface area contributed by atoms with Gasteiger partial charge in [-0.1, -0.05) is 25.1 Å². The molecule has 2 rings (SSSR count). The van der Waals surface area contributed by atoms with Gasteiger partial charge < -0.3 is 14.8 Å². The Morgan fingerprint density at radius 1 is 1.42 bits per heavy atom. The van der Waals surface area contributed by atoms with Crippen LogP contribution in [0.5, 0.6) is 5.75 Å². The molecule has 1 aromatic carbocycles. The standard InChI is InChI=1S/C16H25NO2/c1-4-17-15(12(2)18-3)11-13-9-10-19-16-8-6-5-7-14(13)16/h5-8,12-13,15,17H,4,9-11H2,1-3H3. The van der Waals surface area contributed by atoms with E-state index in [2.05, 4.69) is 37.4 Å². The van der Waals surface area contributed by atoms with Gasteiger partial charge >= 0.3 is 0 Å². The van der Waals surface area contributed by atoms with Gasteiger partial charge in [0, 0.05) is 13.2 Å². The minimum atomic E-state index is 0.231. The zero-order chi connectivity index (χ0) is 13.7. The summed E-state index contributed by atoms with van der Waals surface area (Å²) >= 11 is 0. The van der Waals surface area contributed by atoms with Crippen molar-refractivity contribution < 1.29 is 9.47 Å². The third kappa shape index (κ3) is 3.48. The van der Waals surface area contributed by atoms with Crippen LogP contribution < -0.4 is 10.1 Å².